The van der Waals surface area contributed by atoms with Crippen LogP contribution in [0.3, 0.4) is 0 Å². The number of nitrogens with zero attached hydrogens (tertiary/aromatic N) is 4. The van der Waals surface area contributed by atoms with E-state index in [0.29, 0.717) is 30.3 Å². The van der Waals surface area contributed by atoms with Gasteiger partial charge < -0.3 is 19.9 Å². The van der Waals surface area contributed by atoms with Crippen molar-refractivity contribution < 1.29 is 9.53 Å². The van der Waals surface area contributed by atoms with Crippen LogP contribution in [0.1, 0.15) is 43.2 Å². The molecule has 1 amide bonds. The van der Waals surface area contributed by atoms with Gasteiger partial charge >= 0.3 is 0 Å². The minimum atomic E-state index is 0.00585. The van der Waals surface area contributed by atoms with Crippen LogP contribution in [0.25, 0.3) is 0 Å². The minimum Gasteiger partial charge on any atom is -0.493 e. The lowest BCUT2D eigenvalue weighted by molar-refractivity contribution is -0.131. The number of hydrogen-bond donors (Lipinski definition) is 1. The minimum absolute atomic E-state index is 0.00585. The molecule has 1 saturated heterocycles. The molecule has 1 aromatic heterocycles. The Bertz CT molecular complexity index is 838. The van der Waals surface area contributed by atoms with Gasteiger partial charge in [-0.15, -0.1) is 0 Å². The lowest BCUT2D eigenvalue weighted by Crippen LogP contribution is -2.31. The average Bonchev–Trinajstić information content (AvgIpc) is 2.75. The highest BCUT2D eigenvalue weighted by Gasteiger charge is 2.20. The van der Waals surface area contributed by atoms with E-state index in [1.165, 1.54) is 12.8 Å². The number of nitrogens with one attached hydrogen (secondary N) is 1. The van der Waals surface area contributed by atoms with Crippen molar-refractivity contribution in [3.05, 3.63) is 46.9 Å². The summed E-state index contributed by atoms with van der Waals surface area (Å²) in [5.74, 6) is 2.37. The predicted molar refractivity (Wildman–Crippen MR) is 119 cm³/mol. The summed E-state index contributed by atoms with van der Waals surface area (Å²) >= 11 is 5.87. The third kappa shape index (κ3) is 6.31. The third-order valence-corrected chi connectivity index (χ3v) is 5.34. The fourth-order valence-corrected chi connectivity index (χ4v) is 3.48. The monoisotopic (exact) mass is 431 g/mol. The summed E-state index contributed by atoms with van der Waals surface area (Å²) in [6.45, 7) is 1.74. The van der Waals surface area contributed by atoms with Crippen molar-refractivity contribution in [1.82, 2.24) is 20.2 Å². The molecule has 30 heavy (non-hydrogen) atoms. The molecule has 162 valence electrons. The number of halogens is 1. The van der Waals surface area contributed by atoms with Crippen molar-refractivity contribution in [2.75, 3.05) is 39.2 Å². The Hall–Kier alpha value is -2.38. The predicted octanol–water partition coefficient (Wildman–Crippen LogP) is 3.44. The molecule has 2 heterocycles. The zero-order valence-corrected chi connectivity index (χ0v) is 18.7. The molecule has 1 aliphatic rings. The molecule has 1 N–H and O–H groups in total. The number of ether oxygens (including phenoxy) is 1. The van der Waals surface area contributed by atoms with Gasteiger partial charge in [-0.25, -0.2) is 9.97 Å². The number of anilines is 1. The second kappa shape index (κ2) is 10.6. The van der Waals surface area contributed by atoms with E-state index in [1.807, 2.05) is 25.1 Å². The van der Waals surface area contributed by atoms with Crippen LogP contribution in [0.15, 0.2) is 30.3 Å². The summed E-state index contributed by atoms with van der Waals surface area (Å²) < 4.78 is 5.63. The molecule has 0 saturated carbocycles. The van der Waals surface area contributed by atoms with Gasteiger partial charge in [0, 0.05) is 32.2 Å². The van der Waals surface area contributed by atoms with Crippen molar-refractivity contribution in [2.24, 2.45) is 0 Å². The molecule has 7 nitrogen and oxygen atoms in total. The van der Waals surface area contributed by atoms with Gasteiger partial charge in [-0.05, 0) is 43.7 Å². The van der Waals surface area contributed by atoms with Gasteiger partial charge in [-0.1, -0.05) is 18.0 Å². The van der Waals surface area contributed by atoms with Crippen LogP contribution < -0.4 is 15.0 Å². The number of rotatable bonds is 8. The molecule has 1 aromatic carbocycles. The second-order valence-electron chi connectivity index (χ2n) is 7.77. The van der Waals surface area contributed by atoms with Gasteiger partial charge in [-0.2, -0.15) is 0 Å². The van der Waals surface area contributed by atoms with Gasteiger partial charge in [0.2, 0.25) is 5.91 Å². The maximum Gasteiger partial charge on any atom is 0.226 e. The standard InChI is InChI=1S/C22H30ClN5O2/c1-27(2)20-14-17(25-22(26-20)19-6-4-5-12-24-19)15-28(3)21(29)11-13-30-18-9-7-16(23)8-10-18/h7-10,14,19,24H,4-6,11-13,15H2,1-3H3/t19-/m1/s1. The van der Waals surface area contributed by atoms with Crippen molar-refractivity contribution in [1.29, 1.82) is 0 Å². The maximum atomic E-state index is 12.6. The van der Waals surface area contributed by atoms with Crippen LogP contribution in [0.5, 0.6) is 5.75 Å². The van der Waals surface area contributed by atoms with Gasteiger partial charge in [0.05, 0.1) is 31.3 Å². The lowest BCUT2D eigenvalue weighted by Gasteiger charge is -2.25. The molecular formula is C22H30ClN5O2. The first-order chi connectivity index (χ1) is 14.4. The lowest BCUT2D eigenvalue weighted by atomic mass is 10.0. The summed E-state index contributed by atoms with van der Waals surface area (Å²) in [6.07, 6.45) is 3.69. The fraction of sp³-hybridized carbons (Fsp3) is 0.500. The van der Waals surface area contributed by atoms with Crippen molar-refractivity contribution in [2.45, 2.75) is 38.3 Å². The van der Waals surface area contributed by atoms with E-state index in [1.54, 1.807) is 36.2 Å². The van der Waals surface area contributed by atoms with Crippen molar-refractivity contribution >= 4 is 23.3 Å². The van der Waals surface area contributed by atoms with Crippen LogP contribution in [-0.2, 0) is 11.3 Å². The fourth-order valence-electron chi connectivity index (χ4n) is 3.35. The Morgan fingerprint density at radius 1 is 1.20 bits per heavy atom. The molecule has 2 aromatic rings. The van der Waals surface area contributed by atoms with Crippen LogP contribution >= 0.6 is 11.6 Å². The van der Waals surface area contributed by atoms with E-state index < -0.39 is 0 Å². The van der Waals surface area contributed by atoms with Gasteiger partial charge in [0.1, 0.15) is 17.4 Å². The molecule has 8 heteroatoms. The van der Waals surface area contributed by atoms with E-state index in [4.69, 9.17) is 26.3 Å². The normalized spacial score (nSPS) is 16.2. The zero-order chi connectivity index (χ0) is 21.5. The SMILES string of the molecule is CN(Cc1cc(N(C)C)nc([C@H]2CCCCN2)n1)C(=O)CCOc1ccc(Cl)cc1. The summed E-state index contributed by atoms with van der Waals surface area (Å²) in [7, 11) is 5.72. The molecule has 0 radical (unpaired) electrons. The molecule has 1 fully saturated rings. The Labute approximate surface area is 183 Å². The second-order valence-corrected chi connectivity index (χ2v) is 8.21. The Morgan fingerprint density at radius 3 is 2.63 bits per heavy atom. The number of amides is 1. The van der Waals surface area contributed by atoms with E-state index in [0.717, 1.165) is 30.3 Å². The maximum absolute atomic E-state index is 12.6. The summed E-state index contributed by atoms with van der Waals surface area (Å²) in [6, 6.07) is 9.23. The van der Waals surface area contributed by atoms with Gasteiger partial charge in [-0.3, -0.25) is 4.79 Å². The topological polar surface area (TPSA) is 70.6 Å². The largest absolute Gasteiger partial charge is 0.493 e. The molecule has 0 aliphatic carbocycles. The van der Waals surface area contributed by atoms with E-state index in [2.05, 4.69) is 5.32 Å². The first kappa shape index (κ1) is 22.3. The number of carbonyl (C=O) groups excluding carboxylic acids is 1. The summed E-state index contributed by atoms with van der Waals surface area (Å²) in [5, 5.41) is 4.16. The van der Waals surface area contributed by atoms with Gasteiger partial charge in [0.15, 0.2) is 0 Å². The highest BCUT2D eigenvalue weighted by molar-refractivity contribution is 6.30. The Balaban J connectivity index is 1.59. The molecular weight excluding hydrogens is 402 g/mol. The van der Waals surface area contributed by atoms with Crippen LogP contribution in [0.2, 0.25) is 5.02 Å². The third-order valence-electron chi connectivity index (χ3n) is 5.09. The van der Waals surface area contributed by atoms with E-state index >= 15 is 0 Å². The van der Waals surface area contributed by atoms with Crippen LogP contribution in [0.4, 0.5) is 5.82 Å². The Morgan fingerprint density at radius 2 is 1.97 bits per heavy atom. The highest BCUT2D eigenvalue weighted by Crippen LogP contribution is 2.23. The van der Waals surface area contributed by atoms with Crippen molar-refractivity contribution in [3.63, 3.8) is 0 Å². The summed E-state index contributed by atoms with van der Waals surface area (Å²) in [5.41, 5.74) is 0.838. The average molecular weight is 432 g/mol. The molecule has 0 spiro atoms. The number of aromatic nitrogens is 2. The van der Waals surface area contributed by atoms with Crippen LogP contribution in [0, 0.1) is 0 Å². The highest BCUT2D eigenvalue weighted by atomic mass is 35.5. The smallest absolute Gasteiger partial charge is 0.226 e. The number of benzene rings is 1. The molecule has 3 rings (SSSR count). The van der Waals surface area contributed by atoms with Crippen LogP contribution in [-0.4, -0.2) is 55.1 Å². The number of carbonyl (C=O) groups is 1. The van der Waals surface area contributed by atoms with Crippen molar-refractivity contribution in [3.8, 4) is 5.75 Å². The number of hydrogen-bond acceptors (Lipinski definition) is 6. The first-order valence-electron chi connectivity index (χ1n) is 10.3. The molecule has 1 atom stereocenters. The van der Waals surface area contributed by atoms with Gasteiger partial charge in [0.25, 0.3) is 0 Å². The molecule has 0 unspecified atom stereocenters. The number of piperidine rings is 1. The quantitative estimate of drug-likeness (QED) is 0.690. The zero-order valence-electron chi connectivity index (χ0n) is 17.9. The summed E-state index contributed by atoms with van der Waals surface area (Å²) in [4.78, 5) is 25.7. The Kier molecular flexibility index (Phi) is 7.87. The van der Waals surface area contributed by atoms with E-state index in [-0.39, 0.29) is 11.9 Å². The molecule has 1 aliphatic heterocycles. The first-order valence-corrected chi connectivity index (χ1v) is 10.7. The molecule has 0 bridgehead atoms. The van der Waals surface area contributed by atoms with E-state index in [9.17, 15) is 4.79 Å².